The first kappa shape index (κ1) is 17.3. The average molecular weight is 371 g/mol. The number of benzene rings is 2. The molecule has 0 atom stereocenters. The Labute approximate surface area is 155 Å². The van der Waals surface area contributed by atoms with Gasteiger partial charge in [0.15, 0.2) is 5.17 Å². The Morgan fingerprint density at radius 3 is 2.80 bits per heavy atom. The molecule has 3 rings (SSSR count). The lowest BCUT2D eigenvalue weighted by Gasteiger charge is -2.03. The molecule has 1 N–H and O–H groups in total. The van der Waals surface area contributed by atoms with Crippen LogP contribution in [-0.2, 0) is 4.79 Å². The molecule has 0 aliphatic carbocycles. The van der Waals surface area contributed by atoms with Gasteiger partial charge in [-0.15, -0.1) is 0 Å². The Balaban J connectivity index is 1.77. The molecule has 1 aliphatic heterocycles. The van der Waals surface area contributed by atoms with E-state index in [2.05, 4.69) is 16.9 Å². The van der Waals surface area contributed by atoms with Gasteiger partial charge in [0, 0.05) is 5.02 Å². The fraction of sp³-hybridized carbons (Fsp3) is 0.0526. The number of halogens is 1. The number of thioether (sulfide) groups is 1. The molecular weight excluding hydrogens is 356 g/mol. The van der Waals surface area contributed by atoms with Crippen molar-refractivity contribution in [2.24, 2.45) is 4.99 Å². The van der Waals surface area contributed by atoms with Crippen molar-refractivity contribution in [2.45, 2.75) is 0 Å². The van der Waals surface area contributed by atoms with Gasteiger partial charge in [0.05, 0.1) is 10.6 Å². The second-order valence-corrected chi connectivity index (χ2v) is 6.60. The lowest BCUT2D eigenvalue weighted by atomic mass is 10.2. The zero-order chi connectivity index (χ0) is 17.6. The van der Waals surface area contributed by atoms with Crippen LogP contribution in [0.3, 0.4) is 0 Å². The first-order valence-corrected chi connectivity index (χ1v) is 8.72. The third-order valence-corrected chi connectivity index (χ3v) is 4.39. The van der Waals surface area contributed by atoms with Crippen LogP contribution in [0.5, 0.6) is 5.75 Å². The van der Waals surface area contributed by atoms with Crippen LogP contribution in [0.2, 0.25) is 5.02 Å². The summed E-state index contributed by atoms with van der Waals surface area (Å²) in [5, 5.41) is 3.95. The highest BCUT2D eigenvalue weighted by Crippen LogP contribution is 2.29. The maximum atomic E-state index is 12.1. The van der Waals surface area contributed by atoms with Crippen molar-refractivity contribution in [2.75, 3.05) is 6.61 Å². The van der Waals surface area contributed by atoms with E-state index in [4.69, 9.17) is 16.3 Å². The van der Waals surface area contributed by atoms with Crippen LogP contribution in [0, 0.1) is 0 Å². The molecule has 126 valence electrons. The summed E-state index contributed by atoms with van der Waals surface area (Å²) < 4.78 is 5.51. The highest BCUT2D eigenvalue weighted by Gasteiger charge is 2.23. The third kappa shape index (κ3) is 4.75. The quantitative estimate of drug-likeness (QED) is 0.607. The third-order valence-electron chi connectivity index (χ3n) is 3.23. The van der Waals surface area contributed by atoms with E-state index in [1.165, 1.54) is 11.8 Å². The monoisotopic (exact) mass is 370 g/mol. The van der Waals surface area contributed by atoms with Crippen molar-refractivity contribution < 1.29 is 9.53 Å². The number of carbonyl (C=O) groups is 1. The number of aliphatic imine (C=N–C) groups is 1. The van der Waals surface area contributed by atoms with E-state index in [1.54, 1.807) is 30.3 Å². The van der Waals surface area contributed by atoms with Gasteiger partial charge in [-0.3, -0.25) is 4.79 Å². The Kier molecular flexibility index (Phi) is 5.58. The minimum absolute atomic E-state index is 0.171. The van der Waals surface area contributed by atoms with E-state index in [0.717, 1.165) is 17.0 Å². The van der Waals surface area contributed by atoms with Crippen molar-refractivity contribution >= 4 is 46.2 Å². The number of rotatable bonds is 5. The Morgan fingerprint density at radius 1 is 1.24 bits per heavy atom. The maximum absolute atomic E-state index is 12.1. The number of amides is 1. The lowest BCUT2D eigenvalue weighted by Crippen LogP contribution is -2.19. The van der Waals surface area contributed by atoms with Crippen molar-refractivity contribution in [3.63, 3.8) is 0 Å². The van der Waals surface area contributed by atoms with E-state index in [-0.39, 0.29) is 5.91 Å². The van der Waals surface area contributed by atoms with E-state index >= 15 is 0 Å². The number of amidine groups is 1. The number of nitrogens with zero attached hydrogens (tertiary/aromatic N) is 1. The zero-order valence-corrected chi connectivity index (χ0v) is 14.8. The van der Waals surface area contributed by atoms with Crippen LogP contribution in [0.4, 0.5) is 5.69 Å². The fourth-order valence-corrected chi connectivity index (χ4v) is 3.08. The molecule has 0 saturated carbocycles. The van der Waals surface area contributed by atoms with Gasteiger partial charge in [0.25, 0.3) is 5.91 Å². The molecule has 1 saturated heterocycles. The van der Waals surface area contributed by atoms with Crippen molar-refractivity contribution in [1.29, 1.82) is 0 Å². The molecule has 25 heavy (non-hydrogen) atoms. The SMILES string of the molecule is C=CCOc1cccc(C=C2SC(=Nc3ccc(Cl)cc3)NC2=O)c1. The van der Waals surface area contributed by atoms with Gasteiger partial charge in [-0.2, -0.15) is 0 Å². The van der Waals surface area contributed by atoms with Gasteiger partial charge in [0.1, 0.15) is 12.4 Å². The van der Waals surface area contributed by atoms with E-state index < -0.39 is 0 Å². The summed E-state index contributed by atoms with van der Waals surface area (Å²) in [6, 6.07) is 14.6. The molecule has 0 unspecified atom stereocenters. The molecule has 4 nitrogen and oxygen atoms in total. The van der Waals surface area contributed by atoms with Crippen LogP contribution < -0.4 is 10.1 Å². The highest BCUT2D eigenvalue weighted by atomic mass is 35.5. The Morgan fingerprint density at radius 2 is 2.04 bits per heavy atom. The second-order valence-electron chi connectivity index (χ2n) is 5.13. The summed E-state index contributed by atoms with van der Waals surface area (Å²) in [6.45, 7) is 4.06. The predicted molar refractivity (Wildman–Crippen MR) is 104 cm³/mol. The number of hydrogen-bond acceptors (Lipinski definition) is 4. The van der Waals surface area contributed by atoms with Gasteiger partial charge in [-0.1, -0.05) is 36.4 Å². The summed E-state index contributed by atoms with van der Waals surface area (Å²) in [6.07, 6.45) is 3.50. The smallest absolute Gasteiger partial charge is 0.264 e. The number of nitrogens with one attached hydrogen (secondary N) is 1. The molecule has 6 heteroatoms. The molecule has 2 aromatic rings. The van der Waals surface area contributed by atoms with Crippen LogP contribution in [0.25, 0.3) is 6.08 Å². The van der Waals surface area contributed by atoms with Crippen LogP contribution >= 0.6 is 23.4 Å². The highest BCUT2D eigenvalue weighted by molar-refractivity contribution is 8.18. The molecule has 2 aromatic carbocycles. The van der Waals surface area contributed by atoms with Gasteiger partial charge < -0.3 is 10.1 Å². The van der Waals surface area contributed by atoms with Crippen molar-refractivity contribution in [1.82, 2.24) is 5.32 Å². The summed E-state index contributed by atoms with van der Waals surface area (Å²) in [5.74, 6) is 0.558. The van der Waals surface area contributed by atoms with Gasteiger partial charge in [0.2, 0.25) is 0 Å². The largest absolute Gasteiger partial charge is 0.490 e. The van der Waals surface area contributed by atoms with E-state index in [0.29, 0.717) is 21.7 Å². The summed E-state index contributed by atoms with van der Waals surface area (Å²) >= 11 is 7.16. The summed E-state index contributed by atoms with van der Waals surface area (Å²) in [4.78, 5) is 17.1. The molecule has 1 fully saturated rings. The predicted octanol–water partition coefficient (Wildman–Crippen LogP) is 4.80. The minimum Gasteiger partial charge on any atom is -0.490 e. The molecular formula is C19H15ClN2O2S. The lowest BCUT2D eigenvalue weighted by molar-refractivity contribution is -0.115. The Bertz CT molecular complexity index is 860. The number of hydrogen-bond donors (Lipinski definition) is 1. The molecule has 1 heterocycles. The van der Waals surface area contributed by atoms with Crippen molar-refractivity contribution in [3.05, 3.63) is 76.7 Å². The van der Waals surface area contributed by atoms with Crippen LogP contribution in [0.1, 0.15) is 5.56 Å². The number of carbonyl (C=O) groups excluding carboxylic acids is 1. The summed E-state index contributed by atoms with van der Waals surface area (Å²) in [5.41, 5.74) is 1.61. The first-order chi connectivity index (χ1) is 12.1. The van der Waals surface area contributed by atoms with Crippen LogP contribution in [-0.4, -0.2) is 17.7 Å². The molecule has 1 amide bonds. The standard InChI is InChI=1S/C19H15ClN2O2S/c1-2-10-24-16-5-3-4-13(11-16)12-17-18(23)22-19(25-17)21-15-8-6-14(20)7-9-15/h2-9,11-12H,1,10H2,(H,21,22,23). The zero-order valence-electron chi connectivity index (χ0n) is 13.2. The van der Waals surface area contributed by atoms with Crippen molar-refractivity contribution in [3.8, 4) is 5.75 Å². The van der Waals surface area contributed by atoms with Crippen LogP contribution in [0.15, 0.2) is 71.1 Å². The molecule has 0 bridgehead atoms. The molecule has 0 radical (unpaired) electrons. The molecule has 0 spiro atoms. The van der Waals surface area contributed by atoms with Gasteiger partial charge in [-0.25, -0.2) is 4.99 Å². The number of ether oxygens (including phenoxy) is 1. The first-order valence-electron chi connectivity index (χ1n) is 7.53. The van der Waals surface area contributed by atoms with Gasteiger partial charge >= 0.3 is 0 Å². The van der Waals surface area contributed by atoms with E-state index in [9.17, 15) is 4.79 Å². The normalized spacial score (nSPS) is 16.9. The topological polar surface area (TPSA) is 50.7 Å². The Hall–Kier alpha value is -2.50. The van der Waals surface area contributed by atoms with E-state index in [1.807, 2.05) is 30.3 Å². The fourth-order valence-electron chi connectivity index (χ4n) is 2.11. The molecule has 1 aliphatic rings. The second kappa shape index (κ2) is 8.05. The average Bonchev–Trinajstić information content (AvgIpc) is 2.94. The molecule has 0 aromatic heterocycles. The maximum Gasteiger partial charge on any atom is 0.264 e. The minimum atomic E-state index is -0.171. The summed E-state index contributed by atoms with van der Waals surface area (Å²) in [7, 11) is 0. The van der Waals surface area contributed by atoms with Gasteiger partial charge in [-0.05, 0) is 59.8 Å².